The van der Waals surface area contributed by atoms with Crippen LogP contribution in [0, 0.1) is 6.07 Å². The molecule has 0 saturated heterocycles. The predicted octanol–water partition coefficient (Wildman–Crippen LogP) is 4.11. The van der Waals surface area contributed by atoms with E-state index < -0.39 is 0 Å². The lowest BCUT2D eigenvalue weighted by atomic mass is 9.97. The van der Waals surface area contributed by atoms with Gasteiger partial charge in [-0.3, -0.25) is 0 Å². The molecular formula is C15H15. The Morgan fingerprint density at radius 3 is 2.53 bits per heavy atom. The van der Waals surface area contributed by atoms with E-state index in [0.717, 1.165) is 6.42 Å². The fourth-order valence-electron chi connectivity index (χ4n) is 1.83. The largest absolute Gasteiger partial charge is 0.0651 e. The van der Waals surface area contributed by atoms with E-state index in [4.69, 9.17) is 0 Å². The molecule has 1 radical (unpaired) electrons. The molecule has 0 aliphatic rings. The fourth-order valence-corrected chi connectivity index (χ4v) is 1.83. The van der Waals surface area contributed by atoms with Crippen LogP contribution in [0.25, 0.3) is 11.1 Å². The summed E-state index contributed by atoms with van der Waals surface area (Å²) in [5, 5.41) is 0. The average molecular weight is 195 g/mol. The van der Waals surface area contributed by atoms with Crippen LogP contribution in [0.3, 0.4) is 0 Å². The lowest BCUT2D eigenvalue weighted by molar-refractivity contribution is 0.923. The number of benzene rings is 2. The van der Waals surface area contributed by atoms with Crippen LogP contribution in [-0.4, -0.2) is 0 Å². The molecule has 0 N–H and O–H groups in total. The first kappa shape index (κ1) is 9.97. The number of aryl methyl sites for hydroxylation is 1. The summed E-state index contributed by atoms with van der Waals surface area (Å²) in [6, 6.07) is 20.0. The van der Waals surface area contributed by atoms with Crippen LogP contribution in [0.5, 0.6) is 0 Å². The van der Waals surface area contributed by atoms with Gasteiger partial charge >= 0.3 is 0 Å². The standard InChI is InChI=1S/C15H15/c1-2-8-13-11-6-7-12-15(13)14-9-4-3-5-10-14/h3-7,9,11-12H,2,8H2,1H3. The average Bonchev–Trinajstić information content (AvgIpc) is 2.31. The minimum absolute atomic E-state index is 1.14. The van der Waals surface area contributed by atoms with Gasteiger partial charge in [-0.15, -0.1) is 0 Å². The molecule has 75 valence electrons. The monoisotopic (exact) mass is 195 g/mol. The van der Waals surface area contributed by atoms with Gasteiger partial charge in [0.2, 0.25) is 0 Å². The second-order valence-corrected chi connectivity index (χ2v) is 3.68. The third-order valence-corrected chi connectivity index (χ3v) is 2.54. The number of hydrogen-bond acceptors (Lipinski definition) is 0. The third-order valence-electron chi connectivity index (χ3n) is 2.54. The molecule has 0 bridgehead atoms. The summed E-state index contributed by atoms with van der Waals surface area (Å²) in [6.07, 6.45) is 2.32. The van der Waals surface area contributed by atoms with Crippen LogP contribution in [0.4, 0.5) is 0 Å². The van der Waals surface area contributed by atoms with E-state index in [-0.39, 0.29) is 0 Å². The van der Waals surface area contributed by atoms with Gasteiger partial charge in [-0.2, -0.15) is 0 Å². The normalized spacial score (nSPS) is 10.2. The van der Waals surface area contributed by atoms with Crippen LogP contribution in [-0.2, 0) is 6.42 Å². The summed E-state index contributed by atoms with van der Waals surface area (Å²) in [5.41, 5.74) is 3.93. The Morgan fingerprint density at radius 1 is 1.00 bits per heavy atom. The molecule has 15 heavy (non-hydrogen) atoms. The van der Waals surface area contributed by atoms with E-state index in [1.165, 1.54) is 23.1 Å². The maximum atomic E-state index is 3.28. The maximum absolute atomic E-state index is 3.28. The van der Waals surface area contributed by atoms with Crippen molar-refractivity contribution in [2.45, 2.75) is 19.8 Å². The molecule has 2 aromatic carbocycles. The lowest BCUT2D eigenvalue weighted by Crippen LogP contribution is -1.88. The Bertz CT molecular complexity index is 415. The van der Waals surface area contributed by atoms with Crippen LogP contribution >= 0.6 is 0 Å². The van der Waals surface area contributed by atoms with Gasteiger partial charge in [-0.25, -0.2) is 0 Å². The van der Waals surface area contributed by atoms with Crippen LogP contribution in [0.1, 0.15) is 18.9 Å². The molecular weight excluding hydrogens is 180 g/mol. The zero-order valence-corrected chi connectivity index (χ0v) is 9.03. The van der Waals surface area contributed by atoms with E-state index in [0.29, 0.717) is 0 Å². The van der Waals surface area contributed by atoms with Gasteiger partial charge in [-0.05, 0) is 29.2 Å². The fraction of sp³-hybridized carbons (Fsp3) is 0.200. The van der Waals surface area contributed by atoms with Gasteiger partial charge < -0.3 is 0 Å². The summed E-state index contributed by atoms with van der Waals surface area (Å²) in [6.45, 7) is 2.21. The molecule has 0 saturated carbocycles. The van der Waals surface area contributed by atoms with Gasteiger partial charge in [0, 0.05) is 0 Å². The zero-order chi connectivity index (χ0) is 10.5. The summed E-state index contributed by atoms with van der Waals surface area (Å²) < 4.78 is 0. The molecule has 0 aliphatic heterocycles. The van der Waals surface area contributed by atoms with Gasteiger partial charge in [0.25, 0.3) is 0 Å². The molecule has 0 spiro atoms. The minimum Gasteiger partial charge on any atom is -0.0651 e. The van der Waals surface area contributed by atoms with Gasteiger partial charge in [0.15, 0.2) is 0 Å². The maximum Gasteiger partial charge on any atom is -0.00991 e. The van der Waals surface area contributed by atoms with Crippen molar-refractivity contribution >= 4 is 0 Å². The molecule has 0 unspecified atom stereocenters. The Balaban J connectivity index is 2.43. The van der Waals surface area contributed by atoms with Crippen molar-refractivity contribution in [3.63, 3.8) is 0 Å². The van der Waals surface area contributed by atoms with Crippen molar-refractivity contribution in [3.8, 4) is 11.1 Å². The smallest absolute Gasteiger partial charge is 0.00991 e. The Labute approximate surface area is 91.6 Å². The highest BCUT2D eigenvalue weighted by molar-refractivity contribution is 5.66. The Kier molecular flexibility index (Phi) is 3.18. The van der Waals surface area contributed by atoms with Crippen LogP contribution in [0.15, 0.2) is 48.5 Å². The first-order valence-corrected chi connectivity index (χ1v) is 5.47. The number of rotatable bonds is 3. The lowest BCUT2D eigenvalue weighted by Gasteiger charge is -2.07. The molecule has 0 fully saturated rings. The summed E-state index contributed by atoms with van der Waals surface area (Å²) in [7, 11) is 0. The Hall–Kier alpha value is -1.56. The SMILES string of the molecule is CCCc1ccccc1-c1[c]cccc1. The molecule has 0 nitrogen and oxygen atoms in total. The Morgan fingerprint density at radius 2 is 1.80 bits per heavy atom. The van der Waals surface area contributed by atoms with Crippen molar-refractivity contribution < 1.29 is 0 Å². The van der Waals surface area contributed by atoms with Crippen molar-refractivity contribution in [1.29, 1.82) is 0 Å². The quantitative estimate of drug-likeness (QED) is 0.691. The highest BCUT2D eigenvalue weighted by atomic mass is 14.1. The molecule has 0 aromatic heterocycles. The number of hydrogen-bond donors (Lipinski definition) is 0. The molecule has 0 heteroatoms. The summed E-state index contributed by atoms with van der Waals surface area (Å²) in [4.78, 5) is 0. The predicted molar refractivity (Wildman–Crippen MR) is 64.7 cm³/mol. The van der Waals surface area contributed by atoms with Crippen LogP contribution in [0.2, 0.25) is 0 Å². The first-order chi connectivity index (χ1) is 7.42. The summed E-state index contributed by atoms with van der Waals surface area (Å²) >= 11 is 0. The van der Waals surface area contributed by atoms with Gasteiger partial charge in [0.05, 0.1) is 0 Å². The molecule has 0 aliphatic carbocycles. The molecule has 0 heterocycles. The van der Waals surface area contributed by atoms with E-state index in [2.05, 4.69) is 49.4 Å². The van der Waals surface area contributed by atoms with Crippen molar-refractivity contribution in [1.82, 2.24) is 0 Å². The highest BCUT2D eigenvalue weighted by Gasteiger charge is 2.02. The van der Waals surface area contributed by atoms with Crippen LogP contribution < -0.4 is 0 Å². The van der Waals surface area contributed by atoms with Crippen molar-refractivity contribution in [3.05, 3.63) is 60.2 Å². The highest BCUT2D eigenvalue weighted by Crippen LogP contribution is 2.23. The molecule has 2 rings (SSSR count). The molecule has 0 amide bonds. The molecule has 2 aromatic rings. The topological polar surface area (TPSA) is 0 Å². The second kappa shape index (κ2) is 4.79. The van der Waals surface area contributed by atoms with Crippen molar-refractivity contribution in [2.75, 3.05) is 0 Å². The third kappa shape index (κ3) is 2.27. The van der Waals surface area contributed by atoms with Gasteiger partial charge in [-0.1, -0.05) is 61.9 Å². The minimum atomic E-state index is 1.14. The van der Waals surface area contributed by atoms with E-state index >= 15 is 0 Å². The van der Waals surface area contributed by atoms with Gasteiger partial charge in [0.1, 0.15) is 0 Å². The van der Waals surface area contributed by atoms with Crippen molar-refractivity contribution in [2.24, 2.45) is 0 Å². The summed E-state index contributed by atoms with van der Waals surface area (Å²) in [5.74, 6) is 0. The van der Waals surface area contributed by atoms with E-state index in [9.17, 15) is 0 Å². The van der Waals surface area contributed by atoms with E-state index in [1.807, 2.05) is 12.1 Å². The molecule has 0 atom stereocenters. The second-order valence-electron chi connectivity index (χ2n) is 3.68. The first-order valence-electron chi connectivity index (χ1n) is 5.47. The zero-order valence-electron chi connectivity index (χ0n) is 9.03. The van der Waals surface area contributed by atoms with E-state index in [1.54, 1.807) is 0 Å².